The van der Waals surface area contributed by atoms with Gasteiger partial charge in [0.1, 0.15) is 10.4 Å². The molecular formula is C13H10Br2O2. The van der Waals surface area contributed by atoms with Gasteiger partial charge in [0.05, 0.1) is 0 Å². The van der Waals surface area contributed by atoms with Gasteiger partial charge in [0.15, 0.2) is 0 Å². The minimum Gasteiger partial charge on any atom is -0.457 e. The maximum Gasteiger partial charge on any atom is 0.328 e. The quantitative estimate of drug-likeness (QED) is 0.436. The highest BCUT2D eigenvalue weighted by atomic mass is 79.9. The molecule has 1 aromatic rings. The molecule has 1 fully saturated rings. The van der Waals surface area contributed by atoms with Crippen LogP contribution in [0.25, 0.3) is 0 Å². The van der Waals surface area contributed by atoms with Gasteiger partial charge in [-0.3, -0.25) is 4.79 Å². The molecule has 1 saturated heterocycles. The van der Waals surface area contributed by atoms with E-state index in [1.807, 2.05) is 24.3 Å². The van der Waals surface area contributed by atoms with Crippen LogP contribution in [0.15, 0.2) is 40.9 Å². The third kappa shape index (κ3) is 1.78. The molecule has 0 aromatic heterocycles. The number of hydrogen-bond donors (Lipinski definition) is 0. The van der Waals surface area contributed by atoms with Crippen LogP contribution in [0.2, 0.25) is 0 Å². The average Bonchev–Trinajstić information content (AvgIpc) is 2.32. The van der Waals surface area contributed by atoms with Crippen molar-refractivity contribution in [3.8, 4) is 0 Å². The summed E-state index contributed by atoms with van der Waals surface area (Å²) in [6, 6.07) is 8.12. The minimum absolute atomic E-state index is 0.0735. The third-order valence-electron chi connectivity index (χ3n) is 3.37. The Morgan fingerprint density at radius 3 is 2.65 bits per heavy atom. The number of benzene rings is 1. The first-order valence-corrected chi connectivity index (χ1v) is 7.03. The third-order valence-corrected chi connectivity index (χ3v) is 5.04. The van der Waals surface area contributed by atoms with Gasteiger partial charge in [-0.1, -0.05) is 50.1 Å². The second-order valence-electron chi connectivity index (χ2n) is 4.41. The van der Waals surface area contributed by atoms with E-state index in [2.05, 4.69) is 44.0 Å². The Morgan fingerprint density at radius 1 is 1.29 bits per heavy atom. The zero-order valence-electron chi connectivity index (χ0n) is 8.90. The molecule has 1 aliphatic carbocycles. The van der Waals surface area contributed by atoms with Crippen LogP contribution < -0.4 is 0 Å². The normalized spacial score (nSPS) is 34.8. The standard InChI is InChI=1S/C13H10Br2O2/c14-9-3-1-8(2-4-9)11-7-10-5-6-13(11,15)12(16)17-10/h1-6,10-11H,7H2/t10-,11-,13-/m1/s1. The molecule has 2 heterocycles. The summed E-state index contributed by atoms with van der Waals surface area (Å²) in [4.78, 5) is 11.9. The van der Waals surface area contributed by atoms with E-state index in [0.717, 1.165) is 16.5 Å². The number of alkyl halides is 1. The number of carbonyl (C=O) groups is 1. The van der Waals surface area contributed by atoms with Crippen LogP contribution in [0.1, 0.15) is 17.9 Å². The lowest BCUT2D eigenvalue weighted by Crippen LogP contribution is -2.49. The van der Waals surface area contributed by atoms with E-state index in [0.29, 0.717) is 0 Å². The predicted molar refractivity (Wildman–Crippen MR) is 72.2 cm³/mol. The Hall–Kier alpha value is -0.610. The summed E-state index contributed by atoms with van der Waals surface area (Å²) in [6.07, 6.45) is 4.66. The zero-order valence-corrected chi connectivity index (χ0v) is 12.1. The molecule has 2 nitrogen and oxygen atoms in total. The van der Waals surface area contributed by atoms with E-state index in [4.69, 9.17) is 4.74 Å². The second kappa shape index (κ2) is 3.95. The first-order chi connectivity index (χ1) is 8.09. The highest BCUT2D eigenvalue weighted by molar-refractivity contribution is 9.10. The molecule has 0 radical (unpaired) electrons. The van der Waals surface area contributed by atoms with Gasteiger partial charge in [-0.15, -0.1) is 0 Å². The molecule has 2 aliphatic heterocycles. The molecular weight excluding hydrogens is 348 g/mol. The van der Waals surface area contributed by atoms with Crippen molar-refractivity contribution in [2.24, 2.45) is 0 Å². The summed E-state index contributed by atoms with van der Waals surface area (Å²) in [5.74, 6) is -0.0315. The Kier molecular flexibility index (Phi) is 2.67. The summed E-state index contributed by atoms with van der Waals surface area (Å²) in [5, 5.41) is 0. The molecule has 4 heteroatoms. The Bertz CT molecular complexity index is 495. The van der Waals surface area contributed by atoms with Gasteiger partial charge in [0, 0.05) is 10.4 Å². The molecule has 0 N–H and O–H groups in total. The van der Waals surface area contributed by atoms with Gasteiger partial charge in [-0.05, 0) is 30.2 Å². The Labute approximate surface area is 116 Å². The number of hydrogen-bond acceptors (Lipinski definition) is 2. The van der Waals surface area contributed by atoms with Crippen molar-refractivity contribution in [1.82, 2.24) is 0 Å². The van der Waals surface area contributed by atoms with Gasteiger partial charge in [0.25, 0.3) is 0 Å². The van der Waals surface area contributed by atoms with Crippen LogP contribution in [0.5, 0.6) is 0 Å². The van der Waals surface area contributed by atoms with Crippen molar-refractivity contribution in [2.45, 2.75) is 22.8 Å². The van der Waals surface area contributed by atoms with Gasteiger partial charge in [-0.2, -0.15) is 0 Å². The van der Waals surface area contributed by atoms with Crippen molar-refractivity contribution in [1.29, 1.82) is 0 Å². The van der Waals surface area contributed by atoms with Crippen LogP contribution >= 0.6 is 31.9 Å². The van der Waals surface area contributed by atoms with E-state index in [1.165, 1.54) is 0 Å². The number of carbonyl (C=O) groups excluding carboxylic acids is 1. The molecule has 1 aromatic carbocycles. The number of ether oxygens (including phenoxy) is 1. The number of fused-ring (bicyclic) bond motifs is 2. The largest absolute Gasteiger partial charge is 0.457 e. The number of esters is 1. The van der Waals surface area contributed by atoms with Crippen molar-refractivity contribution in [3.63, 3.8) is 0 Å². The SMILES string of the molecule is O=C1O[C@@H]2C=C[C@@]1(Br)[C@@H](c1ccc(Br)cc1)C2. The Morgan fingerprint density at radius 2 is 2.00 bits per heavy atom. The lowest BCUT2D eigenvalue weighted by Gasteiger charge is -2.42. The molecule has 17 heavy (non-hydrogen) atoms. The van der Waals surface area contributed by atoms with Crippen LogP contribution in [-0.2, 0) is 9.53 Å². The van der Waals surface area contributed by atoms with Crippen molar-refractivity contribution < 1.29 is 9.53 Å². The van der Waals surface area contributed by atoms with Crippen LogP contribution in [0.3, 0.4) is 0 Å². The molecule has 4 rings (SSSR count). The minimum atomic E-state index is -0.685. The molecule has 3 aliphatic rings. The molecule has 0 spiro atoms. The second-order valence-corrected chi connectivity index (χ2v) is 6.64. The first-order valence-electron chi connectivity index (χ1n) is 5.44. The van der Waals surface area contributed by atoms with Gasteiger partial charge < -0.3 is 4.74 Å². The summed E-state index contributed by atoms with van der Waals surface area (Å²) in [7, 11) is 0. The van der Waals surface area contributed by atoms with Crippen molar-refractivity contribution >= 4 is 37.8 Å². The molecule has 0 unspecified atom stereocenters. The number of halogens is 2. The van der Waals surface area contributed by atoms with Gasteiger partial charge >= 0.3 is 5.97 Å². The number of rotatable bonds is 1. The molecule has 2 bridgehead atoms. The van der Waals surface area contributed by atoms with Crippen LogP contribution in [0, 0.1) is 0 Å². The highest BCUT2D eigenvalue weighted by Crippen LogP contribution is 2.48. The average molecular weight is 358 g/mol. The highest BCUT2D eigenvalue weighted by Gasteiger charge is 2.51. The fourth-order valence-corrected chi connectivity index (χ4v) is 3.41. The fourth-order valence-electron chi connectivity index (χ4n) is 2.45. The topological polar surface area (TPSA) is 26.3 Å². The molecule has 0 saturated carbocycles. The summed E-state index contributed by atoms with van der Waals surface area (Å²) < 4.78 is 5.64. The van der Waals surface area contributed by atoms with Crippen molar-refractivity contribution in [2.75, 3.05) is 0 Å². The molecule has 0 amide bonds. The fraction of sp³-hybridized carbons (Fsp3) is 0.308. The lowest BCUT2D eigenvalue weighted by atomic mass is 9.76. The monoisotopic (exact) mass is 356 g/mol. The van der Waals surface area contributed by atoms with E-state index in [9.17, 15) is 4.79 Å². The summed E-state index contributed by atoms with van der Waals surface area (Å²) in [5.41, 5.74) is 1.16. The van der Waals surface area contributed by atoms with Crippen molar-refractivity contribution in [3.05, 3.63) is 46.5 Å². The maximum atomic E-state index is 11.9. The lowest BCUT2D eigenvalue weighted by molar-refractivity contribution is -0.155. The van der Waals surface area contributed by atoms with E-state index in [1.54, 1.807) is 0 Å². The first kappa shape index (κ1) is 11.5. The van der Waals surface area contributed by atoms with Crippen LogP contribution in [-0.4, -0.2) is 16.4 Å². The molecule has 88 valence electrons. The summed E-state index contributed by atoms with van der Waals surface area (Å²) >= 11 is 6.97. The Balaban J connectivity index is 2.02. The van der Waals surface area contributed by atoms with E-state index >= 15 is 0 Å². The van der Waals surface area contributed by atoms with E-state index < -0.39 is 4.32 Å². The predicted octanol–water partition coefficient (Wildman–Crippen LogP) is 3.55. The zero-order chi connectivity index (χ0) is 12.0. The van der Waals surface area contributed by atoms with Gasteiger partial charge in [0.2, 0.25) is 0 Å². The summed E-state index contributed by atoms with van der Waals surface area (Å²) in [6.45, 7) is 0. The van der Waals surface area contributed by atoms with Crippen LogP contribution in [0.4, 0.5) is 0 Å². The smallest absolute Gasteiger partial charge is 0.328 e. The molecule has 3 atom stereocenters. The van der Waals surface area contributed by atoms with Gasteiger partial charge in [-0.25, -0.2) is 0 Å². The maximum absolute atomic E-state index is 11.9. The van der Waals surface area contributed by atoms with E-state index in [-0.39, 0.29) is 18.0 Å².